The highest BCUT2D eigenvalue weighted by Crippen LogP contribution is 2.18. The summed E-state index contributed by atoms with van der Waals surface area (Å²) in [5.74, 6) is 0.557. The molecule has 2 amide bonds. The van der Waals surface area contributed by atoms with Crippen molar-refractivity contribution in [1.82, 2.24) is 15.6 Å². The molecule has 0 saturated carbocycles. The molecule has 0 saturated heterocycles. The van der Waals surface area contributed by atoms with E-state index in [-0.39, 0.29) is 12.1 Å². The predicted octanol–water partition coefficient (Wildman–Crippen LogP) is 3.27. The van der Waals surface area contributed by atoms with Gasteiger partial charge in [0.25, 0.3) is 0 Å². The molecule has 1 aromatic carbocycles. The molecule has 0 radical (unpaired) electrons. The van der Waals surface area contributed by atoms with Crippen LogP contribution in [0.2, 0.25) is 0 Å². The maximum Gasteiger partial charge on any atom is 0.315 e. The summed E-state index contributed by atoms with van der Waals surface area (Å²) in [6.07, 6.45) is 1.69. The van der Waals surface area contributed by atoms with Crippen LogP contribution in [0.4, 0.5) is 4.79 Å². The number of aryl methyl sites for hydroxylation is 2. The van der Waals surface area contributed by atoms with Crippen LogP contribution in [0, 0.1) is 13.8 Å². The molecule has 0 aliphatic heterocycles. The Bertz CT molecular complexity index is 668. The van der Waals surface area contributed by atoms with Crippen LogP contribution in [0.1, 0.15) is 35.2 Å². The summed E-state index contributed by atoms with van der Waals surface area (Å²) in [7, 11) is 1.57. The third-order valence-electron chi connectivity index (χ3n) is 3.71. The van der Waals surface area contributed by atoms with Gasteiger partial charge in [0, 0.05) is 18.8 Å². The smallest absolute Gasteiger partial charge is 0.315 e. The Morgan fingerprint density at radius 2 is 2.04 bits per heavy atom. The second kappa shape index (κ2) is 7.63. The average Bonchev–Trinajstić information content (AvgIpc) is 2.55. The maximum absolute atomic E-state index is 12.1. The number of nitrogens with one attached hydrogen (secondary N) is 2. The Hall–Kier alpha value is -2.56. The third-order valence-corrected chi connectivity index (χ3v) is 3.71. The molecule has 0 unspecified atom stereocenters. The molecule has 5 nitrogen and oxygen atoms in total. The van der Waals surface area contributed by atoms with Crippen LogP contribution >= 0.6 is 0 Å². The summed E-state index contributed by atoms with van der Waals surface area (Å²) in [4.78, 5) is 16.2. The fourth-order valence-electron chi connectivity index (χ4n) is 2.37. The number of nitrogens with zero attached hydrogens (tertiary/aromatic N) is 1. The molecule has 0 bridgehead atoms. The van der Waals surface area contributed by atoms with Crippen LogP contribution in [0.3, 0.4) is 0 Å². The molecule has 1 heterocycles. The van der Waals surface area contributed by atoms with Gasteiger partial charge in [0.1, 0.15) is 0 Å². The minimum atomic E-state index is -0.200. The number of carbonyl (C=O) groups is 1. The number of carbonyl (C=O) groups excluding carboxylic acids is 1. The quantitative estimate of drug-likeness (QED) is 0.890. The summed E-state index contributed by atoms with van der Waals surface area (Å²) in [5.41, 5.74) is 4.40. The van der Waals surface area contributed by atoms with Gasteiger partial charge in [0.2, 0.25) is 5.88 Å². The molecule has 0 aliphatic carbocycles. The van der Waals surface area contributed by atoms with E-state index >= 15 is 0 Å². The predicted molar refractivity (Wildman–Crippen MR) is 90.5 cm³/mol. The van der Waals surface area contributed by atoms with Gasteiger partial charge in [-0.15, -0.1) is 0 Å². The lowest BCUT2D eigenvalue weighted by Gasteiger charge is -2.18. The van der Waals surface area contributed by atoms with Crippen molar-refractivity contribution in [3.05, 3.63) is 58.8 Å². The summed E-state index contributed by atoms with van der Waals surface area (Å²) in [6.45, 7) is 6.50. The molecule has 2 aromatic rings. The largest absolute Gasteiger partial charge is 0.481 e. The fraction of sp³-hybridized carbons (Fsp3) is 0.333. The lowest BCUT2D eigenvalue weighted by molar-refractivity contribution is 0.237. The Balaban J connectivity index is 1.89. The monoisotopic (exact) mass is 313 g/mol. The molecule has 1 aromatic heterocycles. The van der Waals surface area contributed by atoms with E-state index in [4.69, 9.17) is 4.74 Å². The van der Waals surface area contributed by atoms with Crippen LogP contribution in [-0.2, 0) is 6.54 Å². The maximum atomic E-state index is 12.1. The zero-order valence-electron chi connectivity index (χ0n) is 14.0. The zero-order chi connectivity index (χ0) is 16.8. The van der Waals surface area contributed by atoms with E-state index in [1.165, 1.54) is 11.1 Å². The molecule has 0 spiro atoms. The second-order valence-electron chi connectivity index (χ2n) is 5.62. The summed E-state index contributed by atoms with van der Waals surface area (Å²) < 4.78 is 5.01. The molecule has 122 valence electrons. The Morgan fingerprint density at radius 1 is 1.26 bits per heavy atom. The van der Waals surface area contributed by atoms with Crippen molar-refractivity contribution in [2.45, 2.75) is 33.4 Å². The number of amides is 2. The van der Waals surface area contributed by atoms with Crippen molar-refractivity contribution in [3.63, 3.8) is 0 Å². The van der Waals surface area contributed by atoms with Crippen molar-refractivity contribution in [2.24, 2.45) is 0 Å². The van der Waals surface area contributed by atoms with E-state index in [0.29, 0.717) is 12.4 Å². The van der Waals surface area contributed by atoms with E-state index in [1.807, 2.05) is 26.8 Å². The first-order valence-electron chi connectivity index (χ1n) is 7.60. The molecule has 0 fully saturated rings. The highest BCUT2D eigenvalue weighted by Gasteiger charge is 2.11. The lowest BCUT2D eigenvalue weighted by Crippen LogP contribution is -2.36. The van der Waals surface area contributed by atoms with Gasteiger partial charge in [0.05, 0.1) is 13.2 Å². The van der Waals surface area contributed by atoms with Gasteiger partial charge in [-0.3, -0.25) is 0 Å². The number of methoxy groups -OCH3 is 1. The Morgan fingerprint density at radius 3 is 2.70 bits per heavy atom. The standard InChI is InChI=1S/C18H23N3O2/c1-12-5-6-13(2)16(9-12)14(3)21-18(22)20-11-15-7-8-17(23-4)19-10-15/h5-10,14H,11H2,1-4H3,(H2,20,21,22)/t14-/m1/s1. The third kappa shape index (κ3) is 4.71. The van der Waals surface area contributed by atoms with Gasteiger partial charge in [-0.1, -0.05) is 29.8 Å². The number of hydrogen-bond acceptors (Lipinski definition) is 3. The molecule has 2 N–H and O–H groups in total. The first-order valence-corrected chi connectivity index (χ1v) is 7.60. The number of ether oxygens (including phenoxy) is 1. The highest BCUT2D eigenvalue weighted by molar-refractivity contribution is 5.74. The molecular weight excluding hydrogens is 290 g/mol. The molecular formula is C18H23N3O2. The van der Waals surface area contributed by atoms with Crippen LogP contribution < -0.4 is 15.4 Å². The number of rotatable bonds is 5. The number of benzene rings is 1. The van der Waals surface area contributed by atoms with Crippen molar-refractivity contribution in [1.29, 1.82) is 0 Å². The van der Waals surface area contributed by atoms with Crippen LogP contribution in [0.15, 0.2) is 36.5 Å². The van der Waals surface area contributed by atoms with E-state index < -0.39 is 0 Å². The summed E-state index contributed by atoms with van der Waals surface area (Å²) >= 11 is 0. The fourth-order valence-corrected chi connectivity index (χ4v) is 2.37. The summed E-state index contributed by atoms with van der Waals surface area (Å²) in [5, 5.41) is 5.80. The van der Waals surface area contributed by atoms with Crippen LogP contribution in [0.25, 0.3) is 0 Å². The average molecular weight is 313 g/mol. The summed E-state index contributed by atoms with van der Waals surface area (Å²) in [6, 6.07) is 9.64. The van der Waals surface area contributed by atoms with Gasteiger partial charge >= 0.3 is 6.03 Å². The number of urea groups is 1. The van der Waals surface area contributed by atoms with Gasteiger partial charge in [0.15, 0.2) is 0 Å². The highest BCUT2D eigenvalue weighted by atomic mass is 16.5. The lowest BCUT2D eigenvalue weighted by atomic mass is 10.0. The molecule has 2 rings (SSSR count). The normalized spacial score (nSPS) is 11.7. The van der Waals surface area contributed by atoms with E-state index in [0.717, 1.165) is 11.1 Å². The number of pyridine rings is 1. The van der Waals surface area contributed by atoms with Crippen LogP contribution in [-0.4, -0.2) is 18.1 Å². The van der Waals surface area contributed by atoms with Crippen LogP contribution in [0.5, 0.6) is 5.88 Å². The second-order valence-corrected chi connectivity index (χ2v) is 5.62. The van der Waals surface area contributed by atoms with Crippen molar-refractivity contribution >= 4 is 6.03 Å². The minimum Gasteiger partial charge on any atom is -0.481 e. The van der Waals surface area contributed by atoms with E-state index in [2.05, 4.69) is 33.8 Å². The SMILES string of the molecule is COc1ccc(CNC(=O)N[C@H](C)c2cc(C)ccc2C)cn1. The van der Waals surface area contributed by atoms with Crippen molar-refractivity contribution in [3.8, 4) is 5.88 Å². The minimum absolute atomic E-state index is 0.0520. The Labute approximate surface area is 137 Å². The molecule has 5 heteroatoms. The molecule has 23 heavy (non-hydrogen) atoms. The number of hydrogen-bond donors (Lipinski definition) is 2. The van der Waals surface area contributed by atoms with Gasteiger partial charge < -0.3 is 15.4 Å². The first kappa shape index (κ1) is 16.8. The molecule has 0 aliphatic rings. The zero-order valence-corrected chi connectivity index (χ0v) is 14.0. The van der Waals surface area contributed by atoms with Crippen molar-refractivity contribution < 1.29 is 9.53 Å². The number of aromatic nitrogens is 1. The topological polar surface area (TPSA) is 63.2 Å². The van der Waals surface area contributed by atoms with E-state index in [9.17, 15) is 4.79 Å². The van der Waals surface area contributed by atoms with Gasteiger partial charge in [-0.25, -0.2) is 9.78 Å². The first-order chi connectivity index (χ1) is 11.0. The molecule has 1 atom stereocenters. The van der Waals surface area contributed by atoms with E-state index in [1.54, 1.807) is 19.4 Å². The van der Waals surface area contributed by atoms with Crippen molar-refractivity contribution in [2.75, 3.05) is 7.11 Å². The van der Waals surface area contributed by atoms with Gasteiger partial charge in [-0.05, 0) is 37.5 Å². The van der Waals surface area contributed by atoms with Gasteiger partial charge in [-0.2, -0.15) is 0 Å². The Kier molecular flexibility index (Phi) is 5.57.